The number of ether oxygens (including phenoxy) is 2. The maximum Gasteiger partial charge on any atom is 0.255 e. The Bertz CT molecular complexity index is 1510. The van der Waals surface area contributed by atoms with Gasteiger partial charge in [0.15, 0.2) is 0 Å². The minimum absolute atomic E-state index is 0.0193. The van der Waals surface area contributed by atoms with Gasteiger partial charge in [-0.25, -0.2) is 0 Å². The van der Waals surface area contributed by atoms with Crippen LogP contribution >= 0.6 is 0 Å². The average Bonchev–Trinajstić information content (AvgIpc) is 3.03. The lowest BCUT2D eigenvalue weighted by atomic mass is 10.1. The predicted molar refractivity (Wildman–Crippen MR) is 175 cm³/mol. The van der Waals surface area contributed by atoms with E-state index >= 15 is 0 Å². The standard InChI is InChI=1S/C36H44N4O6/c1-24(2)30-23-46-32-13-9-8-12-28(32)35(43)39-29(36(44)37-18-19-45-31-16-14-25(3)20-26(31)4)15-17-34(42)40(22-33(41)38-30)21-27-10-6-5-7-11-27/h5-14,16,20,24,29-30H,15,17-19,21-23H2,1-4H3,(H,37,44)(H,38,41)(H,39,43)/t29-,30-/m0/s1. The minimum atomic E-state index is -1.02. The number of aryl methyl sites for hydroxylation is 2. The Kier molecular flexibility index (Phi) is 12.2. The number of benzene rings is 3. The molecule has 0 spiro atoms. The van der Waals surface area contributed by atoms with Gasteiger partial charge in [0, 0.05) is 13.0 Å². The van der Waals surface area contributed by atoms with E-state index in [9.17, 15) is 19.2 Å². The number of nitrogens with one attached hydrogen (secondary N) is 3. The summed E-state index contributed by atoms with van der Waals surface area (Å²) in [7, 11) is 0. The first-order valence-corrected chi connectivity index (χ1v) is 15.7. The molecule has 10 heteroatoms. The Balaban J connectivity index is 1.54. The topological polar surface area (TPSA) is 126 Å². The van der Waals surface area contributed by atoms with Gasteiger partial charge in [0.2, 0.25) is 17.7 Å². The number of para-hydroxylation sites is 1. The van der Waals surface area contributed by atoms with Gasteiger partial charge in [-0.05, 0) is 55.5 Å². The maximum atomic E-state index is 13.6. The molecule has 0 saturated heterocycles. The molecule has 3 aromatic carbocycles. The molecule has 0 aromatic heterocycles. The lowest BCUT2D eigenvalue weighted by Crippen LogP contribution is -2.49. The van der Waals surface area contributed by atoms with E-state index in [1.165, 1.54) is 4.90 Å². The van der Waals surface area contributed by atoms with E-state index < -0.39 is 17.9 Å². The normalized spacial score (nSPS) is 17.9. The average molecular weight is 629 g/mol. The van der Waals surface area contributed by atoms with Crippen LogP contribution in [0.5, 0.6) is 11.5 Å². The molecule has 10 nitrogen and oxygen atoms in total. The largest absolute Gasteiger partial charge is 0.491 e. The SMILES string of the molecule is Cc1ccc(OCCNC(=O)[C@@H]2CCC(=O)N(Cc3ccccc3)CC(=O)N[C@H](C(C)C)COc3ccccc3C(=O)N2)c(C)c1. The van der Waals surface area contributed by atoms with E-state index in [0.29, 0.717) is 5.75 Å². The fourth-order valence-corrected chi connectivity index (χ4v) is 5.17. The van der Waals surface area contributed by atoms with Gasteiger partial charge in [-0.3, -0.25) is 19.2 Å². The summed E-state index contributed by atoms with van der Waals surface area (Å²) in [5.41, 5.74) is 3.24. The van der Waals surface area contributed by atoms with Crippen LogP contribution in [-0.4, -0.2) is 66.9 Å². The van der Waals surface area contributed by atoms with Gasteiger partial charge < -0.3 is 30.3 Å². The van der Waals surface area contributed by atoms with Crippen molar-refractivity contribution in [3.63, 3.8) is 0 Å². The quantitative estimate of drug-likeness (QED) is 0.325. The molecule has 0 saturated carbocycles. The van der Waals surface area contributed by atoms with Crippen LogP contribution in [0.1, 0.15) is 53.7 Å². The molecule has 1 aliphatic heterocycles. The molecule has 3 aromatic rings. The highest BCUT2D eigenvalue weighted by molar-refractivity contribution is 5.99. The van der Waals surface area contributed by atoms with E-state index in [0.717, 1.165) is 22.4 Å². The van der Waals surface area contributed by atoms with Gasteiger partial charge >= 0.3 is 0 Å². The van der Waals surface area contributed by atoms with Crippen molar-refractivity contribution in [1.29, 1.82) is 0 Å². The zero-order valence-corrected chi connectivity index (χ0v) is 27.0. The summed E-state index contributed by atoms with van der Waals surface area (Å²) in [6.45, 7) is 8.49. The number of carbonyl (C=O) groups excluding carboxylic acids is 4. The first-order chi connectivity index (χ1) is 22.1. The van der Waals surface area contributed by atoms with Crippen LogP contribution < -0.4 is 25.4 Å². The number of amides is 4. The van der Waals surface area contributed by atoms with E-state index in [1.807, 2.05) is 76.2 Å². The summed E-state index contributed by atoms with van der Waals surface area (Å²) in [6, 6.07) is 20.6. The number of fused-ring (bicyclic) bond motifs is 1. The Labute approximate surface area is 270 Å². The third kappa shape index (κ3) is 9.82. The molecule has 4 amide bonds. The molecule has 244 valence electrons. The zero-order chi connectivity index (χ0) is 33.1. The molecular weight excluding hydrogens is 584 g/mol. The van der Waals surface area contributed by atoms with Crippen molar-refractivity contribution >= 4 is 23.6 Å². The lowest BCUT2D eigenvalue weighted by Gasteiger charge is -2.26. The van der Waals surface area contributed by atoms with Gasteiger partial charge in [-0.2, -0.15) is 0 Å². The van der Waals surface area contributed by atoms with Gasteiger partial charge in [0.25, 0.3) is 5.91 Å². The van der Waals surface area contributed by atoms with Gasteiger partial charge in [-0.1, -0.05) is 74.0 Å². The number of hydrogen-bond donors (Lipinski definition) is 3. The Morgan fingerprint density at radius 3 is 2.48 bits per heavy atom. The van der Waals surface area contributed by atoms with Crippen LogP contribution in [0.25, 0.3) is 0 Å². The third-order valence-electron chi connectivity index (χ3n) is 7.86. The minimum Gasteiger partial charge on any atom is -0.491 e. The number of carbonyl (C=O) groups is 4. The van der Waals surface area contributed by atoms with Gasteiger partial charge in [0.05, 0.1) is 24.7 Å². The number of nitrogens with zero attached hydrogens (tertiary/aromatic N) is 1. The number of hydrogen-bond acceptors (Lipinski definition) is 6. The van der Waals surface area contributed by atoms with Crippen LogP contribution in [0.15, 0.2) is 72.8 Å². The molecule has 0 unspecified atom stereocenters. The van der Waals surface area contributed by atoms with Crippen molar-refractivity contribution in [2.75, 3.05) is 26.3 Å². The highest BCUT2D eigenvalue weighted by atomic mass is 16.5. The second kappa shape index (κ2) is 16.5. The fourth-order valence-electron chi connectivity index (χ4n) is 5.17. The molecule has 4 rings (SSSR count). The van der Waals surface area contributed by atoms with Crippen molar-refractivity contribution in [3.8, 4) is 11.5 Å². The summed E-state index contributed by atoms with van der Waals surface area (Å²) >= 11 is 0. The fraction of sp³-hybridized carbons (Fsp3) is 0.389. The van der Waals surface area contributed by atoms with Crippen molar-refractivity contribution in [2.45, 2.75) is 59.2 Å². The second-order valence-corrected chi connectivity index (χ2v) is 11.9. The second-order valence-electron chi connectivity index (χ2n) is 11.9. The van der Waals surface area contributed by atoms with Crippen molar-refractivity contribution < 1.29 is 28.7 Å². The molecule has 0 fully saturated rings. The number of rotatable bonds is 8. The summed E-state index contributed by atoms with van der Waals surface area (Å²) in [4.78, 5) is 55.3. The van der Waals surface area contributed by atoms with Crippen LogP contribution in [0.2, 0.25) is 0 Å². The Hall–Kier alpha value is -4.86. The molecule has 0 aliphatic carbocycles. The highest BCUT2D eigenvalue weighted by Gasteiger charge is 2.28. The lowest BCUT2D eigenvalue weighted by molar-refractivity contribution is -0.137. The summed E-state index contributed by atoms with van der Waals surface area (Å²) in [6.07, 6.45) is -0.0395. The van der Waals surface area contributed by atoms with E-state index in [1.54, 1.807) is 24.3 Å². The van der Waals surface area contributed by atoms with E-state index in [-0.39, 0.29) is 75.0 Å². The molecule has 46 heavy (non-hydrogen) atoms. The van der Waals surface area contributed by atoms with Crippen LogP contribution in [0.4, 0.5) is 0 Å². The smallest absolute Gasteiger partial charge is 0.255 e. The van der Waals surface area contributed by atoms with Crippen molar-refractivity contribution in [3.05, 3.63) is 95.1 Å². The molecule has 3 N–H and O–H groups in total. The van der Waals surface area contributed by atoms with Crippen LogP contribution in [0, 0.1) is 19.8 Å². The monoisotopic (exact) mass is 628 g/mol. The Morgan fingerprint density at radius 1 is 1.00 bits per heavy atom. The zero-order valence-electron chi connectivity index (χ0n) is 27.0. The Morgan fingerprint density at radius 2 is 1.74 bits per heavy atom. The molecule has 1 aliphatic rings. The van der Waals surface area contributed by atoms with E-state index in [4.69, 9.17) is 9.47 Å². The van der Waals surface area contributed by atoms with Crippen molar-refractivity contribution in [1.82, 2.24) is 20.9 Å². The first kappa shape index (κ1) is 34.0. The van der Waals surface area contributed by atoms with Crippen molar-refractivity contribution in [2.24, 2.45) is 5.92 Å². The first-order valence-electron chi connectivity index (χ1n) is 15.7. The highest BCUT2D eigenvalue weighted by Crippen LogP contribution is 2.21. The van der Waals surface area contributed by atoms with Gasteiger partial charge in [-0.15, -0.1) is 0 Å². The summed E-state index contributed by atoms with van der Waals surface area (Å²) in [5.74, 6) is -0.495. The molecule has 2 atom stereocenters. The third-order valence-corrected chi connectivity index (χ3v) is 7.86. The molecule has 0 radical (unpaired) electrons. The van der Waals surface area contributed by atoms with E-state index in [2.05, 4.69) is 16.0 Å². The molecule has 0 bridgehead atoms. The molecule has 1 heterocycles. The van der Waals surface area contributed by atoms with Crippen LogP contribution in [-0.2, 0) is 20.9 Å². The predicted octanol–water partition coefficient (Wildman–Crippen LogP) is 3.94. The van der Waals surface area contributed by atoms with Gasteiger partial charge in [0.1, 0.15) is 30.8 Å². The molecular formula is C36H44N4O6. The summed E-state index contributed by atoms with van der Waals surface area (Å²) in [5, 5.41) is 8.66. The maximum absolute atomic E-state index is 13.6. The van der Waals surface area contributed by atoms with Crippen LogP contribution in [0.3, 0.4) is 0 Å². The summed E-state index contributed by atoms with van der Waals surface area (Å²) < 4.78 is 11.9.